The quantitative estimate of drug-likeness (QED) is 0.148. The number of benzene rings is 4. The molecule has 0 amide bonds. The van der Waals surface area contributed by atoms with Crippen molar-refractivity contribution < 1.29 is 35.2 Å². The van der Waals surface area contributed by atoms with Gasteiger partial charge in [0.1, 0.15) is 11.5 Å². The molecule has 336 valence electrons. The summed E-state index contributed by atoms with van der Waals surface area (Å²) in [6, 6.07) is 12.9. The van der Waals surface area contributed by atoms with Crippen LogP contribution in [0.5, 0.6) is 11.5 Å². The predicted octanol–water partition coefficient (Wildman–Crippen LogP) is 16.3. The van der Waals surface area contributed by atoms with E-state index in [1.807, 2.05) is 0 Å². The molecule has 0 bridgehead atoms. The standard InChI is InChI=1S/C51H64F3NO5PS/c1-27(2)35-23-39(29(5)6)45(40(24-35)30(7)8)43-21-33-17-13-15-19-37(33)47-48-38-20-16-14-18-34(38)22-44(46-41(31(9)10)25-36(28(3)4)26-42(46)32(11)12)50(48)60-61(56,59-49(43)47)55-62(57,58)51(52,53)54/h21-32H,13-20H2,1-12H3/q-1. The van der Waals surface area contributed by atoms with E-state index in [1.165, 1.54) is 0 Å². The number of fused-ring (bicyclic) bond motifs is 7. The lowest BCUT2D eigenvalue weighted by Crippen LogP contribution is -2.22. The highest BCUT2D eigenvalue weighted by atomic mass is 32.2. The molecule has 4 aromatic carbocycles. The van der Waals surface area contributed by atoms with Crippen molar-refractivity contribution >= 4 is 17.8 Å². The lowest BCUT2D eigenvalue weighted by Gasteiger charge is -2.33. The van der Waals surface area contributed by atoms with Gasteiger partial charge in [-0.15, -0.1) is 0 Å². The molecule has 0 unspecified atom stereocenters. The number of sulfonamides is 1. The summed E-state index contributed by atoms with van der Waals surface area (Å²) in [6.07, 6.45) is 6.46. The van der Waals surface area contributed by atoms with Crippen molar-refractivity contribution in [1.29, 1.82) is 0 Å². The topological polar surface area (TPSA) is 83.8 Å². The summed E-state index contributed by atoms with van der Waals surface area (Å²) in [7, 11) is -12.0. The first-order chi connectivity index (χ1) is 28.9. The van der Waals surface area contributed by atoms with E-state index in [9.17, 15) is 21.6 Å². The Labute approximate surface area is 368 Å². The molecule has 3 aliphatic rings. The Morgan fingerprint density at radius 2 is 0.839 bits per heavy atom. The number of alkyl halides is 3. The smallest absolute Gasteiger partial charge is 0.427 e. The Kier molecular flexibility index (Phi) is 12.8. The van der Waals surface area contributed by atoms with Crippen LogP contribution in [-0.2, 0) is 40.3 Å². The van der Waals surface area contributed by atoms with E-state index in [2.05, 4.69) is 124 Å². The summed E-state index contributed by atoms with van der Waals surface area (Å²) in [5, 5.41) is 0. The van der Waals surface area contributed by atoms with Crippen molar-refractivity contribution in [3.63, 3.8) is 0 Å². The molecule has 0 aromatic heterocycles. The van der Waals surface area contributed by atoms with Gasteiger partial charge in [0.2, 0.25) is 0 Å². The summed E-state index contributed by atoms with van der Waals surface area (Å²) in [5.41, 5.74) is 8.79. The zero-order valence-corrected chi connectivity index (χ0v) is 40.3. The van der Waals surface area contributed by atoms with Crippen molar-refractivity contribution in [3.05, 3.63) is 96.5 Å². The number of nitrogens with zero attached hydrogens (tertiary/aromatic N) is 1. The summed E-state index contributed by atoms with van der Waals surface area (Å²) >= 11 is 0. The van der Waals surface area contributed by atoms with Gasteiger partial charge in [0.25, 0.3) is 0 Å². The second kappa shape index (κ2) is 17.1. The maximum absolute atomic E-state index is 15.6. The fourth-order valence-electron chi connectivity index (χ4n) is 9.85. The monoisotopic (exact) mass is 890 g/mol. The van der Waals surface area contributed by atoms with Crippen LogP contribution in [0.4, 0.5) is 13.2 Å². The summed E-state index contributed by atoms with van der Waals surface area (Å²) < 4.78 is 102. The lowest BCUT2D eigenvalue weighted by molar-refractivity contribution is -0.0425. The van der Waals surface area contributed by atoms with Crippen molar-refractivity contribution in [2.24, 2.45) is 0 Å². The number of rotatable bonds is 10. The molecule has 62 heavy (non-hydrogen) atoms. The van der Waals surface area contributed by atoms with Crippen molar-refractivity contribution in [2.45, 2.75) is 175 Å². The molecule has 7 rings (SSSR count). The van der Waals surface area contributed by atoms with E-state index in [0.29, 0.717) is 35.1 Å². The average molecular weight is 891 g/mol. The highest BCUT2D eigenvalue weighted by Gasteiger charge is 2.45. The molecule has 0 N–H and O–H groups in total. The molecule has 1 aliphatic heterocycles. The van der Waals surface area contributed by atoms with Crippen LogP contribution in [0.3, 0.4) is 0 Å². The fraction of sp³-hybridized carbons (Fsp3) is 0.529. The van der Waals surface area contributed by atoms with E-state index in [1.54, 1.807) is 0 Å². The third kappa shape index (κ3) is 8.42. The largest absolute Gasteiger partial charge is 0.480 e. The Morgan fingerprint density at radius 1 is 0.516 bits per heavy atom. The van der Waals surface area contributed by atoms with Gasteiger partial charge in [0, 0.05) is 22.3 Å². The van der Waals surface area contributed by atoms with Crippen LogP contribution in [0.15, 0.2) is 36.4 Å². The number of hydrogen-bond donors (Lipinski definition) is 0. The van der Waals surface area contributed by atoms with Gasteiger partial charge < -0.3 is 13.5 Å². The van der Waals surface area contributed by atoms with Crippen molar-refractivity contribution in [2.75, 3.05) is 0 Å². The summed E-state index contributed by atoms with van der Waals surface area (Å²) in [6.45, 7) is 25.5. The molecule has 0 saturated carbocycles. The van der Waals surface area contributed by atoms with Gasteiger partial charge in [-0.1, -0.05) is 107 Å². The third-order valence-corrected chi connectivity index (χ3v) is 16.2. The van der Waals surface area contributed by atoms with Gasteiger partial charge in [-0.25, -0.2) is 8.42 Å². The van der Waals surface area contributed by atoms with Crippen molar-refractivity contribution in [1.82, 2.24) is 0 Å². The van der Waals surface area contributed by atoms with E-state index in [0.717, 1.165) is 105 Å². The first kappa shape index (κ1) is 46.4. The zero-order chi connectivity index (χ0) is 45.4. The zero-order valence-electron chi connectivity index (χ0n) is 38.6. The van der Waals surface area contributed by atoms with E-state index >= 15 is 4.57 Å². The normalized spacial score (nSPS) is 16.3. The molecule has 6 nitrogen and oxygen atoms in total. The van der Waals surface area contributed by atoms with Crippen LogP contribution in [-0.4, -0.2) is 13.9 Å². The minimum Gasteiger partial charge on any atom is -0.427 e. The van der Waals surface area contributed by atoms with Crippen LogP contribution < -0.4 is 9.05 Å². The van der Waals surface area contributed by atoms with Gasteiger partial charge in [0.15, 0.2) is 10.0 Å². The number of aryl methyl sites for hydroxylation is 2. The number of halogens is 3. The Balaban J connectivity index is 1.74. The van der Waals surface area contributed by atoms with Gasteiger partial charge in [-0.2, -0.15) is 13.2 Å². The van der Waals surface area contributed by atoms with Crippen LogP contribution in [0, 0.1) is 0 Å². The Hall–Kier alpha value is -3.59. The van der Waals surface area contributed by atoms with Gasteiger partial charge >= 0.3 is 13.3 Å². The highest BCUT2D eigenvalue weighted by molar-refractivity contribution is 8.02. The summed E-state index contributed by atoms with van der Waals surface area (Å²) in [5.74, 6) is 0.638. The molecule has 0 saturated heterocycles. The minimum absolute atomic E-state index is 0.0152. The fourth-order valence-corrected chi connectivity index (χ4v) is 12.4. The minimum atomic E-state index is -6.37. The van der Waals surface area contributed by atoms with E-state index < -0.39 is 23.3 Å². The number of hydrogen-bond acceptors (Lipinski definition) is 5. The van der Waals surface area contributed by atoms with Crippen molar-refractivity contribution in [3.8, 4) is 44.9 Å². The molecular weight excluding hydrogens is 827 g/mol. The molecule has 0 fully saturated rings. The van der Waals surface area contributed by atoms with Gasteiger partial charge in [-0.3, -0.25) is 4.57 Å². The second-order valence-corrected chi connectivity index (χ2v) is 23.0. The first-order valence-corrected chi connectivity index (χ1v) is 25.7. The molecule has 1 heterocycles. The summed E-state index contributed by atoms with van der Waals surface area (Å²) in [4.78, 5) is 0. The Morgan fingerprint density at radius 3 is 1.13 bits per heavy atom. The molecular formula is C51H64F3NO5PS-. The van der Waals surface area contributed by atoms with Crippen LogP contribution in [0.25, 0.3) is 37.9 Å². The second-order valence-electron chi connectivity index (χ2n) is 19.7. The molecule has 2 aliphatic carbocycles. The Bertz CT molecular complexity index is 2360. The highest BCUT2D eigenvalue weighted by Crippen LogP contribution is 2.67. The van der Waals surface area contributed by atoms with E-state index in [-0.39, 0.29) is 47.0 Å². The molecule has 0 radical (unpaired) electrons. The average Bonchev–Trinajstić information content (AvgIpc) is 3.32. The van der Waals surface area contributed by atoms with Gasteiger partial charge in [0.05, 0.1) is 0 Å². The van der Waals surface area contributed by atoms with E-state index in [4.69, 9.17) is 9.05 Å². The molecule has 0 atom stereocenters. The predicted molar refractivity (Wildman–Crippen MR) is 248 cm³/mol. The van der Waals surface area contributed by atoms with Crippen LogP contribution in [0.1, 0.15) is 200 Å². The maximum atomic E-state index is 15.6. The van der Waals surface area contributed by atoms with Crippen LogP contribution >= 0.6 is 7.75 Å². The molecule has 4 aromatic rings. The molecule has 11 heteroatoms. The lowest BCUT2D eigenvalue weighted by atomic mass is 9.74. The SMILES string of the molecule is CC(C)c1cc(C(C)C)c(-c2cc3c(c4c2OP(=O)([N-]S(=O)(=O)C(F)(F)F)Oc2c(-c5c(C(C)C)cc(C(C)C)cc5C(C)C)cc5c(c2-4)CCCC5)CCCC3)c(C(C)C)c1. The maximum Gasteiger partial charge on any atom is 0.480 e. The third-order valence-electron chi connectivity index (χ3n) is 13.2. The molecule has 0 spiro atoms. The van der Waals surface area contributed by atoms with Gasteiger partial charge in [-0.05, 0) is 166 Å². The first-order valence-electron chi connectivity index (χ1n) is 22.7. The van der Waals surface area contributed by atoms with Crippen LogP contribution in [0.2, 0.25) is 0 Å².